The fraction of sp³-hybridized carbons (Fsp3) is 0.556. The van der Waals surface area contributed by atoms with Gasteiger partial charge in [0.15, 0.2) is 0 Å². The van der Waals surface area contributed by atoms with Crippen LogP contribution in [0.25, 0.3) is 0 Å². The van der Waals surface area contributed by atoms with E-state index in [1.54, 1.807) is 12.3 Å². The highest BCUT2D eigenvalue weighted by Gasteiger charge is 2.17. The fourth-order valence-corrected chi connectivity index (χ4v) is 0.869. The summed E-state index contributed by atoms with van der Waals surface area (Å²) in [6, 6.07) is 1.63. The lowest BCUT2D eigenvalue weighted by atomic mass is 9.94. The highest BCUT2D eigenvalue weighted by molar-refractivity contribution is 5.92. The molecule has 1 aromatic heterocycles. The van der Waals surface area contributed by atoms with Gasteiger partial charge in [0.2, 0.25) is 0 Å². The number of rotatable bonds is 4. The van der Waals surface area contributed by atoms with E-state index in [-0.39, 0.29) is 11.3 Å². The third-order valence-electron chi connectivity index (χ3n) is 2.03. The number of carbonyl (C=O) groups excluding carboxylic acids is 1. The third kappa shape index (κ3) is 2.85. The molecule has 1 aromatic rings. The molecule has 1 amide bonds. The van der Waals surface area contributed by atoms with Crippen LogP contribution in [-0.4, -0.2) is 29.2 Å². The molecule has 0 spiro atoms. The van der Waals surface area contributed by atoms with E-state index in [4.69, 9.17) is 5.73 Å². The predicted molar refractivity (Wildman–Crippen MR) is 53.8 cm³/mol. The van der Waals surface area contributed by atoms with Crippen molar-refractivity contribution in [3.8, 4) is 0 Å². The molecule has 0 atom stereocenters. The highest BCUT2D eigenvalue weighted by atomic mass is 16.1. The molecule has 4 N–H and O–H groups in total. The summed E-state index contributed by atoms with van der Waals surface area (Å²) < 4.78 is 0. The van der Waals surface area contributed by atoms with Gasteiger partial charge >= 0.3 is 0 Å². The lowest BCUT2D eigenvalue weighted by molar-refractivity contribution is 0.0933. The average Bonchev–Trinajstić information content (AvgIpc) is 2.67. The smallest absolute Gasteiger partial charge is 0.269 e. The minimum Gasteiger partial charge on any atom is -0.350 e. The molecule has 0 aromatic carbocycles. The molecular formula is C9H16N4O. The molecule has 0 aliphatic rings. The SMILES string of the molecule is CC(C)(CN)CNC(=O)c1ccn[nH]1. The maximum atomic E-state index is 11.4. The molecular weight excluding hydrogens is 180 g/mol. The van der Waals surface area contributed by atoms with Crippen LogP contribution < -0.4 is 11.1 Å². The van der Waals surface area contributed by atoms with Crippen molar-refractivity contribution in [2.45, 2.75) is 13.8 Å². The Morgan fingerprint density at radius 3 is 2.93 bits per heavy atom. The number of carbonyl (C=O) groups is 1. The van der Waals surface area contributed by atoms with Gasteiger partial charge in [0.1, 0.15) is 5.69 Å². The van der Waals surface area contributed by atoms with Crippen LogP contribution in [-0.2, 0) is 0 Å². The number of nitrogens with two attached hydrogens (primary N) is 1. The van der Waals surface area contributed by atoms with Crippen molar-refractivity contribution in [3.63, 3.8) is 0 Å². The molecule has 0 saturated heterocycles. The second-order valence-electron chi connectivity index (χ2n) is 4.02. The normalized spacial score (nSPS) is 11.4. The van der Waals surface area contributed by atoms with Crippen molar-refractivity contribution in [2.24, 2.45) is 11.1 Å². The van der Waals surface area contributed by atoms with E-state index >= 15 is 0 Å². The molecule has 78 valence electrons. The first-order valence-corrected chi connectivity index (χ1v) is 4.53. The zero-order valence-corrected chi connectivity index (χ0v) is 8.50. The molecule has 0 aliphatic carbocycles. The highest BCUT2D eigenvalue weighted by Crippen LogP contribution is 2.10. The van der Waals surface area contributed by atoms with E-state index in [0.717, 1.165) is 0 Å². The molecule has 0 saturated carbocycles. The van der Waals surface area contributed by atoms with E-state index in [9.17, 15) is 4.79 Å². The fourth-order valence-electron chi connectivity index (χ4n) is 0.869. The lowest BCUT2D eigenvalue weighted by Gasteiger charge is -2.22. The van der Waals surface area contributed by atoms with Crippen LogP contribution >= 0.6 is 0 Å². The Hall–Kier alpha value is -1.36. The number of nitrogens with zero attached hydrogens (tertiary/aromatic N) is 1. The van der Waals surface area contributed by atoms with Crippen LogP contribution in [0.4, 0.5) is 0 Å². The zero-order valence-electron chi connectivity index (χ0n) is 8.50. The molecule has 5 heteroatoms. The number of amides is 1. The number of nitrogens with one attached hydrogen (secondary N) is 2. The summed E-state index contributed by atoms with van der Waals surface area (Å²) >= 11 is 0. The summed E-state index contributed by atoms with van der Waals surface area (Å²) in [7, 11) is 0. The Morgan fingerprint density at radius 1 is 1.71 bits per heavy atom. The van der Waals surface area contributed by atoms with Gasteiger partial charge in [-0.1, -0.05) is 13.8 Å². The quantitative estimate of drug-likeness (QED) is 0.639. The largest absolute Gasteiger partial charge is 0.350 e. The van der Waals surface area contributed by atoms with Gasteiger partial charge in [-0.2, -0.15) is 5.10 Å². The van der Waals surface area contributed by atoms with E-state index < -0.39 is 0 Å². The van der Waals surface area contributed by atoms with Crippen molar-refractivity contribution < 1.29 is 4.79 Å². The summed E-state index contributed by atoms with van der Waals surface area (Å²) in [4.78, 5) is 11.4. The molecule has 0 aliphatic heterocycles. The zero-order chi connectivity index (χ0) is 10.6. The van der Waals surface area contributed by atoms with Gasteiger partial charge in [-0.25, -0.2) is 0 Å². The number of H-pyrrole nitrogens is 1. The van der Waals surface area contributed by atoms with Gasteiger partial charge in [0, 0.05) is 12.7 Å². The molecule has 5 nitrogen and oxygen atoms in total. The number of hydrogen-bond acceptors (Lipinski definition) is 3. The maximum absolute atomic E-state index is 11.4. The number of aromatic amines is 1. The number of hydrogen-bond donors (Lipinski definition) is 3. The molecule has 0 bridgehead atoms. The predicted octanol–water partition coefficient (Wildman–Crippen LogP) is 0.124. The van der Waals surface area contributed by atoms with Crippen LogP contribution in [0, 0.1) is 5.41 Å². The minimum absolute atomic E-state index is 0.0737. The van der Waals surface area contributed by atoms with E-state index in [1.165, 1.54) is 0 Å². The molecule has 0 fully saturated rings. The lowest BCUT2D eigenvalue weighted by Crippen LogP contribution is -2.38. The molecule has 0 radical (unpaired) electrons. The van der Waals surface area contributed by atoms with E-state index in [0.29, 0.717) is 18.8 Å². The molecule has 0 unspecified atom stereocenters. The van der Waals surface area contributed by atoms with Crippen molar-refractivity contribution >= 4 is 5.91 Å². The molecule has 1 rings (SSSR count). The summed E-state index contributed by atoms with van der Waals surface area (Å²) in [5.74, 6) is -0.149. The van der Waals surface area contributed by atoms with Gasteiger partial charge in [0.25, 0.3) is 5.91 Å². The van der Waals surface area contributed by atoms with Crippen molar-refractivity contribution in [2.75, 3.05) is 13.1 Å². The summed E-state index contributed by atoms with van der Waals surface area (Å²) in [5, 5.41) is 9.08. The van der Waals surface area contributed by atoms with Gasteiger partial charge in [-0.3, -0.25) is 9.89 Å². The third-order valence-corrected chi connectivity index (χ3v) is 2.03. The first-order chi connectivity index (χ1) is 6.55. The summed E-state index contributed by atoms with van der Waals surface area (Å²) in [6.45, 7) is 5.10. The molecule has 14 heavy (non-hydrogen) atoms. The van der Waals surface area contributed by atoms with Crippen LogP contribution in [0.3, 0.4) is 0 Å². The minimum atomic E-state index is -0.149. The van der Waals surface area contributed by atoms with E-state index in [1.807, 2.05) is 13.8 Å². The maximum Gasteiger partial charge on any atom is 0.269 e. The Labute approximate surface area is 83.1 Å². The van der Waals surface area contributed by atoms with Crippen LogP contribution in [0.5, 0.6) is 0 Å². The number of aromatic nitrogens is 2. The van der Waals surface area contributed by atoms with Gasteiger partial charge in [-0.15, -0.1) is 0 Å². The van der Waals surface area contributed by atoms with Gasteiger partial charge < -0.3 is 11.1 Å². The standard InChI is InChI=1S/C9H16N4O/c1-9(2,5-10)6-11-8(14)7-3-4-12-13-7/h3-4H,5-6,10H2,1-2H3,(H,11,14)(H,12,13). The Morgan fingerprint density at radius 2 is 2.43 bits per heavy atom. The monoisotopic (exact) mass is 196 g/mol. The van der Waals surface area contributed by atoms with Crippen molar-refractivity contribution in [3.05, 3.63) is 18.0 Å². The Balaban J connectivity index is 2.43. The van der Waals surface area contributed by atoms with Crippen LogP contribution in [0.15, 0.2) is 12.3 Å². The van der Waals surface area contributed by atoms with Crippen molar-refractivity contribution in [1.82, 2.24) is 15.5 Å². The average molecular weight is 196 g/mol. The van der Waals surface area contributed by atoms with Crippen LogP contribution in [0.1, 0.15) is 24.3 Å². The van der Waals surface area contributed by atoms with Crippen LogP contribution in [0.2, 0.25) is 0 Å². The topological polar surface area (TPSA) is 83.8 Å². The van der Waals surface area contributed by atoms with Gasteiger partial charge in [0.05, 0.1) is 0 Å². The summed E-state index contributed by atoms with van der Waals surface area (Å²) in [5.41, 5.74) is 5.94. The first-order valence-electron chi connectivity index (χ1n) is 4.53. The second-order valence-corrected chi connectivity index (χ2v) is 4.02. The Bertz CT molecular complexity index is 292. The van der Waals surface area contributed by atoms with Gasteiger partial charge in [-0.05, 0) is 18.0 Å². The first kappa shape index (κ1) is 10.7. The summed E-state index contributed by atoms with van der Waals surface area (Å²) in [6.07, 6.45) is 1.54. The van der Waals surface area contributed by atoms with Crippen molar-refractivity contribution in [1.29, 1.82) is 0 Å². The van der Waals surface area contributed by atoms with E-state index in [2.05, 4.69) is 15.5 Å². The Kier molecular flexibility index (Phi) is 3.24. The second kappa shape index (κ2) is 4.23. The molecule has 1 heterocycles.